The van der Waals surface area contributed by atoms with Gasteiger partial charge in [-0.05, 0) is 120 Å². The number of hydrogen-bond acceptors (Lipinski definition) is 14. The fourth-order valence-electron chi connectivity index (χ4n) is 7.74. The van der Waals surface area contributed by atoms with Crippen molar-refractivity contribution in [2.45, 2.75) is 26.2 Å². The minimum Gasteiger partial charge on any atom is -0.369 e. The fraction of sp³-hybridized carbons (Fsp3) is 0.0851. The molecule has 6 N–H and O–H groups in total. The lowest BCUT2D eigenvalue weighted by Crippen LogP contribution is -2.10. The molecule has 0 radical (unpaired) electrons. The van der Waals surface area contributed by atoms with Crippen LogP contribution in [0.5, 0.6) is 0 Å². The summed E-state index contributed by atoms with van der Waals surface area (Å²) in [5.41, 5.74) is 17.5. The van der Waals surface area contributed by atoms with Gasteiger partial charge in [-0.1, -0.05) is 34.8 Å². The first kappa shape index (κ1) is 53.6. The summed E-state index contributed by atoms with van der Waals surface area (Å²) >= 11 is 20.7. The van der Waals surface area contributed by atoms with Crippen LogP contribution in [-0.4, -0.2) is 68.7 Å². The predicted molar refractivity (Wildman–Crippen MR) is 270 cm³/mol. The van der Waals surface area contributed by atoms with Crippen LogP contribution in [0, 0.1) is 31.3 Å². The minimum absolute atomic E-state index is 0.00428. The van der Waals surface area contributed by atoms with E-state index in [2.05, 4.69) is 71.4 Å². The van der Waals surface area contributed by atoms with E-state index in [-0.39, 0.29) is 101 Å². The Morgan fingerprint density at radius 3 is 1.13 bits per heavy atom. The van der Waals surface area contributed by atoms with E-state index in [0.29, 0.717) is 20.8 Å². The second-order valence-corrected chi connectivity index (χ2v) is 18.3. The van der Waals surface area contributed by atoms with Crippen molar-refractivity contribution in [3.63, 3.8) is 0 Å². The van der Waals surface area contributed by atoms with Crippen molar-refractivity contribution in [3.8, 4) is 56.0 Å². The summed E-state index contributed by atoms with van der Waals surface area (Å²) in [5, 5.41) is 23.7. The van der Waals surface area contributed by atoms with Crippen molar-refractivity contribution >= 4 is 85.5 Å². The van der Waals surface area contributed by atoms with Gasteiger partial charge in [0, 0.05) is 43.1 Å². The van der Waals surface area contributed by atoms with Gasteiger partial charge in [-0.25, -0.2) is 38.1 Å². The molecule has 0 unspecified atom stereocenters. The number of fused-ring (bicyclic) bond motifs is 3. The Morgan fingerprint density at radius 1 is 0.455 bits per heavy atom. The van der Waals surface area contributed by atoms with Gasteiger partial charge in [-0.2, -0.15) is 26.3 Å². The van der Waals surface area contributed by atoms with Crippen LogP contribution in [0.2, 0.25) is 15.1 Å². The van der Waals surface area contributed by atoms with Crippen molar-refractivity contribution in [1.29, 1.82) is 0 Å². The molecule has 0 aliphatic carbocycles. The third-order valence-electron chi connectivity index (χ3n) is 11.0. The molecule has 392 valence electrons. The zero-order valence-corrected chi connectivity index (χ0v) is 42.5. The number of rotatable bonds is 5. The molecule has 17 nitrogen and oxygen atoms in total. The quantitative estimate of drug-likeness (QED) is 0.136. The second kappa shape index (κ2) is 20.7. The monoisotopic (exact) mass is 1190 g/mol. The first-order valence-corrected chi connectivity index (χ1v) is 23.4. The lowest BCUT2D eigenvalue weighted by atomic mass is 9.99. The van der Waals surface area contributed by atoms with E-state index in [1.807, 2.05) is 0 Å². The molecule has 0 saturated heterocycles. The molecule has 3 aromatic carbocycles. The lowest BCUT2D eigenvalue weighted by Gasteiger charge is -2.15. The van der Waals surface area contributed by atoms with Crippen molar-refractivity contribution in [3.05, 3.63) is 158 Å². The molecule has 30 heteroatoms. The summed E-state index contributed by atoms with van der Waals surface area (Å²) in [7, 11) is 0. The maximum Gasteiger partial charge on any atom is 0.433 e. The zero-order valence-electron chi connectivity index (χ0n) is 38.6. The van der Waals surface area contributed by atoms with Crippen LogP contribution in [0.3, 0.4) is 0 Å². The highest BCUT2D eigenvalue weighted by molar-refractivity contribution is 9.10. The van der Waals surface area contributed by atoms with Crippen molar-refractivity contribution in [2.75, 3.05) is 17.2 Å². The maximum absolute atomic E-state index is 14.6. The molecule has 0 aliphatic rings. The number of anilines is 3. The number of nitrogens with zero attached hydrogens (tertiary/aromatic N) is 14. The van der Waals surface area contributed by atoms with Gasteiger partial charge in [0.2, 0.25) is 17.8 Å². The smallest absolute Gasteiger partial charge is 0.369 e. The van der Waals surface area contributed by atoms with Crippen molar-refractivity contribution < 1.29 is 39.5 Å². The molecule has 0 aliphatic heterocycles. The SMILES string of the molecule is Cc1cc(-c2c(-c3ccc(Cl)cc3F)nc(N)n3cnnc23)cc(C(F)(F)F)n1.Cc1cc(-c2c(-c3ccc(Cl)cc3F)nc(N)n3cnnc23)cc(C(F)(F)F)n1.Nc1nc(-c2ccc(Cl)cc2F)c(Br)c2nncn12. The summed E-state index contributed by atoms with van der Waals surface area (Å²) in [6.45, 7) is 2.85. The Kier molecular flexibility index (Phi) is 14.4. The number of benzene rings is 3. The standard InChI is InChI=1S/2C18H11ClF4N6.C11H6BrClFN5/c2*1-8-4-9(5-13(26-8)18(21,22)23)14-15(11-3-2-10(19)6-12(11)20)27-17(24)29-7-25-28-16(14)29;12-8-9(6-2-1-5(13)3-7(6)14)17-11(15)19-4-16-18-10(8)19/h2*2-7H,1H3,(H2,24,27);1-4H,(H2,15,17). The van der Waals surface area contributed by atoms with Crippen molar-refractivity contribution in [1.82, 2.24) is 68.7 Å². The average molecular weight is 1190 g/mol. The Labute approximate surface area is 448 Å². The average Bonchev–Trinajstić information content (AvgIpc) is 4.23. The molecule has 8 heterocycles. The number of nitrogen functional groups attached to an aromatic ring is 3. The van der Waals surface area contributed by atoms with Gasteiger partial charge in [-0.15, -0.1) is 30.6 Å². The van der Waals surface area contributed by atoms with E-state index in [0.717, 1.165) is 24.3 Å². The molecule has 0 bridgehead atoms. The van der Waals surface area contributed by atoms with Crippen LogP contribution in [-0.2, 0) is 12.4 Å². The minimum atomic E-state index is -4.67. The molecule has 11 rings (SSSR count). The third kappa shape index (κ3) is 10.8. The summed E-state index contributed by atoms with van der Waals surface area (Å²) in [6, 6.07) is 16.7. The highest BCUT2D eigenvalue weighted by Gasteiger charge is 2.35. The summed E-state index contributed by atoms with van der Waals surface area (Å²) in [5.74, 6) is -1.84. The lowest BCUT2D eigenvalue weighted by molar-refractivity contribution is -0.142. The first-order chi connectivity index (χ1) is 36.4. The van der Waals surface area contributed by atoms with Crippen LogP contribution in [0.25, 0.3) is 73.0 Å². The third-order valence-corrected chi connectivity index (χ3v) is 12.4. The zero-order chi connectivity index (χ0) is 55.4. The molecule has 77 heavy (non-hydrogen) atoms. The van der Waals surface area contributed by atoms with Gasteiger partial charge in [-0.3, -0.25) is 13.2 Å². The van der Waals surface area contributed by atoms with Crippen LogP contribution < -0.4 is 17.2 Å². The molecule has 11 aromatic rings. The van der Waals surface area contributed by atoms with Crippen LogP contribution in [0.15, 0.2) is 102 Å². The molecule has 0 atom stereocenters. The Hall–Kier alpha value is -8.27. The van der Waals surface area contributed by atoms with E-state index in [4.69, 9.17) is 52.0 Å². The normalized spacial score (nSPS) is 11.7. The van der Waals surface area contributed by atoms with Gasteiger partial charge in [0.1, 0.15) is 47.8 Å². The van der Waals surface area contributed by atoms with E-state index in [1.165, 1.54) is 94.6 Å². The van der Waals surface area contributed by atoms with Crippen LogP contribution >= 0.6 is 50.7 Å². The first-order valence-electron chi connectivity index (χ1n) is 21.5. The molecular formula is C47H28BrCl3F9N17. The number of aryl methyl sites for hydroxylation is 2. The second-order valence-electron chi connectivity index (χ2n) is 16.2. The molecular weight excluding hydrogens is 1160 g/mol. The van der Waals surface area contributed by atoms with E-state index in [1.54, 1.807) is 6.07 Å². The fourth-order valence-corrected chi connectivity index (χ4v) is 8.79. The maximum atomic E-state index is 14.6. The van der Waals surface area contributed by atoms with Crippen molar-refractivity contribution in [2.24, 2.45) is 0 Å². The number of nitrogens with two attached hydrogens (primary N) is 3. The summed E-state index contributed by atoms with van der Waals surface area (Å²) < 4.78 is 128. The number of pyridine rings is 2. The topological polar surface area (TPSA) is 233 Å². The van der Waals surface area contributed by atoms with E-state index in [9.17, 15) is 39.5 Å². The highest BCUT2D eigenvalue weighted by Crippen LogP contribution is 2.41. The molecule has 8 aromatic heterocycles. The van der Waals surface area contributed by atoms with Gasteiger partial charge in [0.15, 0.2) is 16.9 Å². The van der Waals surface area contributed by atoms with Crippen LogP contribution in [0.4, 0.5) is 57.4 Å². The number of aromatic nitrogens is 14. The van der Waals surface area contributed by atoms with Gasteiger partial charge < -0.3 is 17.2 Å². The van der Waals surface area contributed by atoms with Gasteiger partial charge >= 0.3 is 12.4 Å². The Balaban J connectivity index is 0.000000144. The van der Waals surface area contributed by atoms with E-state index < -0.39 is 41.2 Å². The van der Waals surface area contributed by atoms with Gasteiger partial charge in [0.25, 0.3) is 0 Å². The van der Waals surface area contributed by atoms with Crippen LogP contribution in [0.1, 0.15) is 22.8 Å². The molecule has 0 fully saturated rings. The Morgan fingerprint density at radius 2 is 0.779 bits per heavy atom. The largest absolute Gasteiger partial charge is 0.433 e. The van der Waals surface area contributed by atoms with Gasteiger partial charge in [0.05, 0.1) is 32.7 Å². The highest BCUT2D eigenvalue weighted by atomic mass is 79.9. The predicted octanol–water partition coefficient (Wildman–Crippen LogP) is 12.0. The molecule has 0 spiro atoms. The number of halogens is 13. The van der Waals surface area contributed by atoms with E-state index >= 15 is 0 Å². The summed E-state index contributed by atoms with van der Waals surface area (Å²) in [6.07, 6.45) is -5.37. The molecule has 0 saturated carbocycles. The number of hydrogen-bond donors (Lipinski definition) is 3. The summed E-state index contributed by atoms with van der Waals surface area (Å²) in [4.78, 5) is 19.7. The molecule has 0 amide bonds. The number of alkyl halides is 6. The Bertz CT molecular complexity index is 3920.